The van der Waals surface area contributed by atoms with Crippen molar-refractivity contribution in [2.24, 2.45) is 5.73 Å². The van der Waals surface area contributed by atoms with Crippen molar-refractivity contribution >= 4 is 0 Å². The minimum atomic E-state index is 0.585. The lowest BCUT2D eigenvalue weighted by atomic mass is 10.4. The summed E-state index contributed by atoms with van der Waals surface area (Å²) in [5.74, 6) is 5.02. The van der Waals surface area contributed by atoms with Crippen LogP contribution in [0.4, 0.5) is 0 Å². The Balaban J connectivity index is 3.54. The number of hydrogen-bond donors (Lipinski definition) is 1. The summed E-state index contributed by atoms with van der Waals surface area (Å²) in [5, 5.41) is 0. The quantitative estimate of drug-likeness (QED) is 0.529. The van der Waals surface area contributed by atoms with Gasteiger partial charge in [0.25, 0.3) is 0 Å². The summed E-state index contributed by atoms with van der Waals surface area (Å²) in [6.07, 6.45) is 10.2. The number of rotatable bonds is 4. The topological polar surface area (TPSA) is 29.3 Å². The Kier molecular flexibility index (Phi) is 5.57. The van der Waals surface area contributed by atoms with Crippen LogP contribution in [0, 0.1) is 24.7 Å². The number of hydrogen-bond acceptors (Lipinski definition) is 2. The van der Waals surface area contributed by atoms with E-state index in [-0.39, 0.29) is 0 Å². The van der Waals surface area contributed by atoms with Gasteiger partial charge in [-0.15, -0.1) is 12.8 Å². The van der Waals surface area contributed by atoms with Gasteiger partial charge in [-0.3, -0.25) is 4.90 Å². The van der Waals surface area contributed by atoms with Crippen molar-refractivity contribution in [3.05, 3.63) is 0 Å². The molecule has 54 valence electrons. The van der Waals surface area contributed by atoms with Crippen molar-refractivity contribution < 1.29 is 0 Å². The zero-order chi connectivity index (χ0) is 7.82. The third-order valence-electron chi connectivity index (χ3n) is 1.08. The Bertz CT molecular complexity index is 134. The number of nitrogens with zero attached hydrogens (tertiary/aromatic N) is 1. The van der Waals surface area contributed by atoms with Crippen molar-refractivity contribution in [3.63, 3.8) is 0 Å². The van der Waals surface area contributed by atoms with Crippen LogP contribution in [-0.4, -0.2) is 31.1 Å². The Morgan fingerprint density at radius 3 is 2.00 bits per heavy atom. The lowest BCUT2D eigenvalue weighted by Crippen LogP contribution is -2.30. The summed E-state index contributed by atoms with van der Waals surface area (Å²) in [5.41, 5.74) is 5.31. The average Bonchev–Trinajstić information content (AvgIpc) is 1.90. The van der Waals surface area contributed by atoms with Crippen LogP contribution in [0.3, 0.4) is 0 Å². The van der Waals surface area contributed by atoms with Crippen LogP contribution in [0.15, 0.2) is 0 Å². The normalized spacial score (nSPS) is 8.80. The van der Waals surface area contributed by atoms with E-state index in [4.69, 9.17) is 18.6 Å². The van der Waals surface area contributed by atoms with E-state index in [2.05, 4.69) is 11.8 Å². The van der Waals surface area contributed by atoms with Crippen LogP contribution in [0.25, 0.3) is 0 Å². The fourth-order valence-corrected chi connectivity index (χ4v) is 0.655. The molecule has 0 aliphatic heterocycles. The molecule has 0 aromatic rings. The van der Waals surface area contributed by atoms with Gasteiger partial charge in [0.15, 0.2) is 0 Å². The van der Waals surface area contributed by atoms with Crippen molar-refractivity contribution in [1.82, 2.24) is 4.90 Å². The highest BCUT2D eigenvalue weighted by Gasteiger charge is 1.96. The van der Waals surface area contributed by atoms with Crippen LogP contribution >= 0.6 is 0 Å². The Hall–Kier alpha value is -0.960. The van der Waals surface area contributed by atoms with Gasteiger partial charge in [-0.1, -0.05) is 11.8 Å². The molecule has 0 aromatic carbocycles. The molecule has 2 heteroatoms. The maximum absolute atomic E-state index is 5.31. The first-order valence-corrected chi connectivity index (χ1v) is 3.14. The molecule has 0 atom stereocenters. The van der Waals surface area contributed by atoms with Gasteiger partial charge in [0.1, 0.15) is 0 Å². The molecular weight excluding hydrogens is 124 g/mol. The van der Waals surface area contributed by atoms with Gasteiger partial charge in [-0.05, 0) is 0 Å². The van der Waals surface area contributed by atoms with E-state index in [9.17, 15) is 0 Å². The molecule has 2 N–H and O–H groups in total. The zero-order valence-corrected chi connectivity index (χ0v) is 6.01. The monoisotopic (exact) mass is 136 g/mol. The first-order chi connectivity index (χ1) is 4.85. The van der Waals surface area contributed by atoms with E-state index >= 15 is 0 Å². The molecule has 0 aliphatic rings. The summed E-state index contributed by atoms with van der Waals surface area (Å²) in [7, 11) is 0. The standard InChI is InChI=1S/C8H12N2/c1-3-6-10(7-4-2)8-5-9/h1-2H,5-9H2. The Labute approximate surface area is 62.4 Å². The first-order valence-electron chi connectivity index (χ1n) is 3.14. The van der Waals surface area contributed by atoms with Crippen LogP contribution in [0.1, 0.15) is 0 Å². The minimum absolute atomic E-state index is 0.585. The van der Waals surface area contributed by atoms with Crippen molar-refractivity contribution in [2.45, 2.75) is 0 Å². The van der Waals surface area contributed by atoms with E-state index in [0.717, 1.165) is 6.54 Å². The lowest BCUT2D eigenvalue weighted by Gasteiger charge is -2.14. The molecule has 10 heavy (non-hydrogen) atoms. The lowest BCUT2D eigenvalue weighted by molar-refractivity contribution is 0.355. The van der Waals surface area contributed by atoms with Crippen molar-refractivity contribution in [3.8, 4) is 24.7 Å². The van der Waals surface area contributed by atoms with Crippen LogP contribution < -0.4 is 5.73 Å². The highest BCUT2D eigenvalue weighted by molar-refractivity contribution is 4.94. The number of terminal acetylenes is 2. The van der Waals surface area contributed by atoms with Gasteiger partial charge >= 0.3 is 0 Å². The Morgan fingerprint density at radius 2 is 1.70 bits per heavy atom. The molecule has 0 radical (unpaired) electrons. The van der Waals surface area contributed by atoms with Crippen molar-refractivity contribution in [2.75, 3.05) is 26.2 Å². The summed E-state index contributed by atoms with van der Waals surface area (Å²) >= 11 is 0. The van der Waals surface area contributed by atoms with Gasteiger partial charge in [0, 0.05) is 13.1 Å². The molecule has 0 spiro atoms. The van der Waals surface area contributed by atoms with E-state index in [1.54, 1.807) is 0 Å². The molecule has 0 bridgehead atoms. The molecule has 0 aliphatic carbocycles. The zero-order valence-electron chi connectivity index (χ0n) is 6.01. The van der Waals surface area contributed by atoms with E-state index in [1.807, 2.05) is 4.90 Å². The summed E-state index contributed by atoms with van der Waals surface area (Å²) < 4.78 is 0. The van der Waals surface area contributed by atoms with E-state index in [0.29, 0.717) is 19.6 Å². The fraction of sp³-hybridized carbons (Fsp3) is 0.500. The molecule has 2 nitrogen and oxygen atoms in total. The molecule has 0 heterocycles. The van der Waals surface area contributed by atoms with Gasteiger partial charge in [0.05, 0.1) is 13.1 Å². The SMILES string of the molecule is C#CCN(CC#C)CCN. The van der Waals surface area contributed by atoms with Crippen LogP contribution in [0.5, 0.6) is 0 Å². The third-order valence-corrected chi connectivity index (χ3v) is 1.08. The molecule has 0 aromatic heterocycles. The maximum Gasteiger partial charge on any atom is 0.0607 e. The summed E-state index contributed by atoms with van der Waals surface area (Å²) in [4.78, 5) is 1.94. The molecular formula is C8H12N2. The fourth-order valence-electron chi connectivity index (χ4n) is 0.655. The van der Waals surface area contributed by atoms with Crippen LogP contribution in [0.2, 0.25) is 0 Å². The second-order valence-electron chi connectivity index (χ2n) is 1.91. The Morgan fingerprint density at radius 1 is 1.20 bits per heavy atom. The molecule has 0 unspecified atom stereocenters. The van der Waals surface area contributed by atoms with E-state index < -0.39 is 0 Å². The van der Waals surface area contributed by atoms with Gasteiger partial charge in [0.2, 0.25) is 0 Å². The van der Waals surface area contributed by atoms with Gasteiger partial charge in [-0.25, -0.2) is 0 Å². The van der Waals surface area contributed by atoms with Gasteiger partial charge in [-0.2, -0.15) is 0 Å². The summed E-state index contributed by atoms with van der Waals surface area (Å²) in [6.45, 7) is 2.54. The second-order valence-corrected chi connectivity index (χ2v) is 1.91. The largest absolute Gasteiger partial charge is 0.329 e. The smallest absolute Gasteiger partial charge is 0.0607 e. The summed E-state index contributed by atoms with van der Waals surface area (Å²) in [6, 6.07) is 0. The highest BCUT2D eigenvalue weighted by atomic mass is 15.1. The number of nitrogens with two attached hydrogens (primary N) is 1. The van der Waals surface area contributed by atoms with Crippen LogP contribution in [-0.2, 0) is 0 Å². The van der Waals surface area contributed by atoms with E-state index in [1.165, 1.54) is 0 Å². The third kappa shape index (κ3) is 3.97. The van der Waals surface area contributed by atoms with Crippen molar-refractivity contribution in [1.29, 1.82) is 0 Å². The molecule has 0 amide bonds. The minimum Gasteiger partial charge on any atom is -0.329 e. The molecule has 0 fully saturated rings. The predicted molar refractivity (Wildman–Crippen MR) is 43.2 cm³/mol. The first kappa shape index (κ1) is 9.04. The van der Waals surface area contributed by atoms with Gasteiger partial charge < -0.3 is 5.73 Å². The maximum atomic E-state index is 5.31. The second kappa shape index (κ2) is 6.16. The molecule has 0 saturated heterocycles. The molecule has 0 rings (SSSR count). The average molecular weight is 136 g/mol. The predicted octanol–water partition coefficient (Wildman–Crippen LogP) is -0.486. The molecule has 0 saturated carbocycles. The highest BCUT2D eigenvalue weighted by Crippen LogP contribution is 1.82.